The summed E-state index contributed by atoms with van der Waals surface area (Å²) in [6, 6.07) is 18.3. The van der Waals surface area contributed by atoms with Gasteiger partial charge in [-0.05, 0) is 55.8 Å². The molecular formula is C26H26ClN5O4S. The highest BCUT2D eigenvalue weighted by atomic mass is 35.5. The summed E-state index contributed by atoms with van der Waals surface area (Å²) >= 11 is 6.36. The molecule has 37 heavy (non-hydrogen) atoms. The van der Waals surface area contributed by atoms with Crippen molar-refractivity contribution in [3.8, 4) is 5.75 Å². The first-order chi connectivity index (χ1) is 17.5. The van der Waals surface area contributed by atoms with Crippen LogP contribution in [0, 0.1) is 0 Å². The minimum absolute atomic E-state index is 0.0649. The van der Waals surface area contributed by atoms with E-state index < -0.39 is 21.5 Å². The number of rotatable bonds is 6. The molecule has 0 fully saturated rings. The van der Waals surface area contributed by atoms with E-state index >= 15 is 0 Å². The van der Waals surface area contributed by atoms with E-state index in [-0.39, 0.29) is 16.4 Å². The van der Waals surface area contributed by atoms with Crippen LogP contribution >= 0.6 is 11.6 Å². The maximum absolute atomic E-state index is 13.3. The molecule has 0 atom stereocenters. The number of hydrogen-bond acceptors (Lipinski definition) is 6. The van der Waals surface area contributed by atoms with Crippen molar-refractivity contribution in [2.45, 2.75) is 30.7 Å². The molecule has 1 aliphatic rings. The number of carbonyl (C=O) groups excluding carboxylic acids is 1. The van der Waals surface area contributed by atoms with E-state index in [1.54, 1.807) is 38.1 Å². The molecule has 0 aliphatic carbocycles. The first-order valence-electron chi connectivity index (χ1n) is 11.3. The monoisotopic (exact) mass is 539 g/mol. The van der Waals surface area contributed by atoms with E-state index in [0.717, 1.165) is 11.3 Å². The lowest BCUT2D eigenvalue weighted by Gasteiger charge is -2.21. The Morgan fingerprint density at radius 2 is 1.86 bits per heavy atom. The average molecular weight is 540 g/mol. The SMILES string of the molecule is COc1ccc(Cl)c(N=C2Cc3ccccc3NC2=NS(=O)(=O)c2cccc(NC(=O)C(C)(C)N)c2)c1. The Morgan fingerprint density at radius 3 is 2.59 bits per heavy atom. The van der Waals surface area contributed by atoms with Gasteiger partial charge in [-0.1, -0.05) is 35.9 Å². The molecule has 1 amide bonds. The molecule has 0 saturated carbocycles. The molecule has 0 saturated heterocycles. The largest absolute Gasteiger partial charge is 0.497 e. The molecule has 0 spiro atoms. The normalized spacial score (nSPS) is 15.7. The van der Waals surface area contributed by atoms with Gasteiger partial charge in [-0.3, -0.25) is 4.79 Å². The maximum atomic E-state index is 13.3. The number of nitrogens with one attached hydrogen (secondary N) is 2. The molecule has 0 bridgehead atoms. The second-order valence-electron chi connectivity index (χ2n) is 8.95. The lowest BCUT2D eigenvalue weighted by atomic mass is 10.0. The first kappa shape index (κ1) is 26.3. The fraction of sp³-hybridized carbons (Fsp3) is 0.192. The number of ether oxygens (including phenoxy) is 1. The van der Waals surface area contributed by atoms with Crippen molar-refractivity contribution < 1.29 is 17.9 Å². The zero-order chi connectivity index (χ0) is 26.8. The Labute approximate surface area is 220 Å². The number of amidine groups is 1. The van der Waals surface area contributed by atoms with Crippen LogP contribution in [0.15, 0.2) is 81.0 Å². The van der Waals surface area contributed by atoms with Crippen molar-refractivity contribution in [3.63, 3.8) is 0 Å². The lowest BCUT2D eigenvalue weighted by Crippen LogP contribution is -2.45. The Bertz CT molecular complexity index is 1530. The minimum atomic E-state index is -4.20. The van der Waals surface area contributed by atoms with Gasteiger partial charge in [0.2, 0.25) is 5.91 Å². The van der Waals surface area contributed by atoms with Crippen LogP contribution in [0.3, 0.4) is 0 Å². The molecule has 3 aromatic rings. The summed E-state index contributed by atoms with van der Waals surface area (Å²) < 4.78 is 36.1. The number of nitrogens with two attached hydrogens (primary N) is 1. The van der Waals surface area contributed by atoms with Crippen LogP contribution in [0.25, 0.3) is 0 Å². The molecule has 3 aromatic carbocycles. The molecular weight excluding hydrogens is 514 g/mol. The summed E-state index contributed by atoms with van der Waals surface area (Å²) in [6.45, 7) is 3.11. The second-order valence-corrected chi connectivity index (χ2v) is 11.0. The molecule has 9 nitrogen and oxygen atoms in total. The van der Waals surface area contributed by atoms with Gasteiger partial charge < -0.3 is 21.1 Å². The van der Waals surface area contributed by atoms with E-state index in [4.69, 9.17) is 22.1 Å². The van der Waals surface area contributed by atoms with E-state index in [1.165, 1.54) is 25.3 Å². The molecule has 11 heteroatoms. The van der Waals surface area contributed by atoms with Gasteiger partial charge in [0.05, 0.1) is 34.0 Å². The molecule has 1 aliphatic heterocycles. The highest BCUT2D eigenvalue weighted by molar-refractivity contribution is 7.90. The van der Waals surface area contributed by atoms with Gasteiger partial charge in [0.25, 0.3) is 10.0 Å². The fourth-order valence-electron chi connectivity index (χ4n) is 3.48. The van der Waals surface area contributed by atoms with Gasteiger partial charge >= 0.3 is 0 Å². The van der Waals surface area contributed by atoms with Crippen LogP contribution in [0.5, 0.6) is 5.75 Å². The van der Waals surface area contributed by atoms with Gasteiger partial charge in [0.1, 0.15) is 5.75 Å². The molecule has 192 valence electrons. The Kier molecular flexibility index (Phi) is 7.35. The quantitative estimate of drug-likeness (QED) is 0.420. The minimum Gasteiger partial charge on any atom is -0.497 e. The number of sulfonamides is 1. The van der Waals surface area contributed by atoms with E-state index in [9.17, 15) is 13.2 Å². The van der Waals surface area contributed by atoms with Gasteiger partial charge in [-0.25, -0.2) is 4.99 Å². The van der Waals surface area contributed by atoms with Crippen molar-refractivity contribution >= 4 is 56.1 Å². The van der Waals surface area contributed by atoms with E-state index in [2.05, 4.69) is 20.0 Å². The number of hydrogen-bond donors (Lipinski definition) is 3. The van der Waals surface area contributed by atoms with Gasteiger partial charge in [0.15, 0.2) is 5.84 Å². The Hall–Kier alpha value is -3.73. The van der Waals surface area contributed by atoms with Crippen LogP contribution in [0.2, 0.25) is 5.02 Å². The number of fused-ring (bicyclic) bond motifs is 1. The highest BCUT2D eigenvalue weighted by Gasteiger charge is 2.25. The van der Waals surface area contributed by atoms with Crippen LogP contribution in [-0.4, -0.2) is 38.5 Å². The van der Waals surface area contributed by atoms with Crippen LogP contribution in [0.4, 0.5) is 17.1 Å². The number of para-hydroxylation sites is 1. The zero-order valence-corrected chi connectivity index (χ0v) is 22.0. The number of carbonyl (C=O) groups is 1. The average Bonchev–Trinajstić information content (AvgIpc) is 2.85. The van der Waals surface area contributed by atoms with Crippen molar-refractivity contribution in [1.82, 2.24) is 0 Å². The number of methoxy groups -OCH3 is 1. The Balaban J connectivity index is 1.76. The third-order valence-electron chi connectivity index (χ3n) is 5.50. The van der Waals surface area contributed by atoms with Gasteiger partial charge in [-0.2, -0.15) is 8.42 Å². The van der Waals surface area contributed by atoms with Crippen molar-refractivity contribution in [2.75, 3.05) is 17.7 Å². The number of amides is 1. The molecule has 4 rings (SSSR count). The summed E-state index contributed by atoms with van der Waals surface area (Å²) in [5, 5.41) is 6.09. The van der Waals surface area contributed by atoms with Crippen LogP contribution in [-0.2, 0) is 21.2 Å². The van der Waals surface area contributed by atoms with Crippen LogP contribution < -0.4 is 21.1 Å². The molecule has 0 aromatic heterocycles. The molecule has 4 N–H and O–H groups in total. The van der Waals surface area contributed by atoms with Crippen molar-refractivity contribution in [3.05, 3.63) is 77.3 Å². The topological polar surface area (TPSA) is 135 Å². The number of halogens is 1. The fourth-order valence-corrected chi connectivity index (χ4v) is 4.66. The molecule has 0 unspecified atom stereocenters. The van der Waals surface area contributed by atoms with Crippen molar-refractivity contribution in [1.29, 1.82) is 0 Å². The Morgan fingerprint density at radius 1 is 1.11 bits per heavy atom. The lowest BCUT2D eigenvalue weighted by molar-refractivity contribution is -0.120. The standard InChI is InChI=1S/C26H26ClN5O4S/c1-26(2,28)25(33)29-17-8-6-9-19(14-17)37(34,35)32-24-23(13-16-7-4-5-10-21(16)31-24)30-22-15-18(36-3)11-12-20(22)27/h4-12,14-15H,13,28H2,1-3H3,(H,29,33)(H,31,32). The molecule has 0 radical (unpaired) electrons. The maximum Gasteiger partial charge on any atom is 0.284 e. The summed E-state index contributed by atoms with van der Waals surface area (Å²) in [4.78, 5) is 16.8. The summed E-state index contributed by atoms with van der Waals surface area (Å²) in [5.41, 5.74) is 7.41. The number of benzene rings is 3. The third kappa shape index (κ3) is 6.16. The first-order valence-corrected chi connectivity index (χ1v) is 13.1. The predicted octanol–water partition coefficient (Wildman–Crippen LogP) is 4.55. The van der Waals surface area contributed by atoms with Gasteiger partial charge in [0, 0.05) is 23.9 Å². The summed E-state index contributed by atoms with van der Waals surface area (Å²) in [6.07, 6.45) is 0.326. The number of anilines is 2. The van der Waals surface area contributed by atoms with E-state index in [1.807, 2.05) is 24.3 Å². The number of nitrogens with zero attached hydrogens (tertiary/aromatic N) is 2. The summed E-state index contributed by atoms with van der Waals surface area (Å²) in [5.74, 6) is 0.164. The third-order valence-corrected chi connectivity index (χ3v) is 7.09. The van der Waals surface area contributed by atoms with Crippen LogP contribution in [0.1, 0.15) is 19.4 Å². The van der Waals surface area contributed by atoms with Crippen molar-refractivity contribution in [2.24, 2.45) is 15.1 Å². The molecule has 1 heterocycles. The smallest absolute Gasteiger partial charge is 0.284 e. The number of aliphatic imine (C=N–C) groups is 1. The second kappa shape index (κ2) is 10.3. The van der Waals surface area contributed by atoms with E-state index in [0.29, 0.717) is 28.6 Å². The zero-order valence-electron chi connectivity index (χ0n) is 20.4. The highest BCUT2D eigenvalue weighted by Crippen LogP contribution is 2.31. The summed E-state index contributed by atoms with van der Waals surface area (Å²) in [7, 11) is -2.67. The van der Waals surface area contributed by atoms with Gasteiger partial charge in [-0.15, -0.1) is 4.40 Å². The predicted molar refractivity (Wildman–Crippen MR) is 147 cm³/mol.